The minimum atomic E-state index is 0.419. The fourth-order valence-electron chi connectivity index (χ4n) is 3.93. The summed E-state index contributed by atoms with van der Waals surface area (Å²) < 4.78 is 7.46. The van der Waals surface area contributed by atoms with Gasteiger partial charge in [0.2, 0.25) is 0 Å². The smallest absolute Gasteiger partial charge is 0.157 e. The summed E-state index contributed by atoms with van der Waals surface area (Å²) in [5.74, 6) is 2.23. The van der Waals surface area contributed by atoms with Crippen molar-refractivity contribution in [1.82, 2.24) is 24.9 Å². The molecule has 1 saturated heterocycles. The lowest BCUT2D eigenvalue weighted by Crippen LogP contribution is -2.38. The van der Waals surface area contributed by atoms with Gasteiger partial charge in [0.25, 0.3) is 0 Å². The number of ether oxygens (including phenoxy) is 1. The second-order valence-corrected chi connectivity index (χ2v) is 7.84. The molecule has 146 valence electrons. The lowest BCUT2D eigenvalue weighted by Gasteiger charge is -2.24. The molecule has 7 heteroatoms. The Morgan fingerprint density at radius 2 is 2.14 bits per heavy atom. The van der Waals surface area contributed by atoms with Crippen LogP contribution in [-0.4, -0.2) is 45.8 Å². The Morgan fingerprint density at radius 3 is 2.89 bits per heavy atom. The average Bonchev–Trinajstić information content (AvgIpc) is 3.49. The van der Waals surface area contributed by atoms with Gasteiger partial charge in [0.05, 0.1) is 19.0 Å². The van der Waals surface area contributed by atoms with Gasteiger partial charge < -0.3 is 15.4 Å². The number of pyridine rings is 1. The number of nitrogens with one attached hydrogen (secondary N) is 2. The van der Waals surface area contributed by atoms with Gasteiger partial charge in [-0.05, 0) is 50.8 Å². The van der Waals surface area contributed by atoms with E-state index in [4.69, 9.17) is 14.8 Å². The molecule has 5 rings (SSSR count). The maximum absolute atomic E-state index is 5.55. The largest absolute Gasteiger partial charge is 0.495 e. The Hall–Kier alpha value is -2.67. The number of hydrogen-bond donors (Lipinski definition) is 2. The van der Waals surface area contributed by atoms with Crippen molar-refractivity contribution in [1.29, 1.82) is 0 Å². The van der Waals surface area contributed by atoms with Gasteiger partial charge in [0.1, 0.15) is 23.0 Å². The van der Waals surface area contributed by atoms with E-state index in [9.17, 15) is 0 Å². The molecule has 0 aromatic carbocycles. The molecule has 28 heavy (non-hydrogen) atoms. The Bertz CT molecular complexity index is 1000. The topological polar surface area (TPSA) is 76.4 Å². The molecule has 2 fully saturated rings. The van der Waals surface area contributed by atoms with Crippen LogP contribution in [0.4, 0.5) is 5.82 Å². The van der Waals surface area contributed by atoms with Gasteiger partial charge >= 0.3 is 0 Å². The molecule has 1 aliphatic carbocycles. The number of anilines is 1. The highest BCUT2D eigenvalue weighted by molar-refractivity contribution is 5.65. The molecule has 1 aliphatic heterocycles. The summed E-state index contributed by atoms with van der Waals surface area (Å²) in [6, 6.07) is 6.58. The van der Waals surface area contributed by atoms with Crippen molar-refractivity contribution < 1.29 is 4.74 Å². The Morgan fingerprint density at radius 1 is 1.25 bits per heavy atom. The number of aromatic nitrogens is 4. The molecule has 2 aliphatic rings. The minimum Gasteiger partial charge on any atom is -0.495 e. The zero-order chi connectivity index (χ0) is 19.1. The summed E-state index contributed by atoms with van der Waals surface area (Å²) in [5.41, 5.74) is 4.75. The molecule has 0 amide bonds. The molecule has 0 spiro atoms. The van der Waals surface area contributed by atoms with Crippen LogP contribution in [0.5, 0.6) is 5.75 Å². The molecule has 0 radical (unpaired) electrons. The quantitative estimate of drug-likeness (QED) is 0.710. The number of rotatable bonds is 5. The summed E-state index contributed by atoms with van der Waals surface area (Å²) in [5, 5.41) is 11.9. The van der Waals surface area contributed by atoms with E-state index in [0.717, 1.165) is 52.9 Å². The van der Waals surface area contributed by atoms with E-state index >= 15 is 0 Å². The summed E-state index contributed by atoms with van der Waals surface area (Å²) in [6.45, 7) is 4.16. The molecule has 3 aromatic heterocycles. The van der Waals surface area contributed by atoms with Crippen LogP contribution in [0.15, 0.2) is 24.4 Å². The third-order valence-corrected chi connectivity index (χ3v) is 5.66. The highest BCUT2D eigenvalue weighted by atomic mass is 16.5. The summed E-state index contributed by atoms with van der Waals surface area (Å²) >= 11 is 0. The minimum absolute atomic E-state index is 0.419. The number of methoxy groups -OCH3 is 1. The number of piperidine rings is 1. The molecule has 1 saturated carbocycles. The van der Waals surface area contributed by atoms with Gasteiger partial charge in [0, 0.05) is 24.6 Å². The molecule has 7 nitrogen and oxygen atoms in total. The number of fused-ring (bicyclic) bond motifs is 1. The summed E-state index contributed by atoms with van der Waals surface area (Å²) in [6.07, 6.45) is 6.56. The fraction of sp³-hybridized carbons (Fsp3) is 0.476. The van der Waals surface area contributed by atoms with Gasteiger partial charge in [-0.2, -0.15) is 5.10 Å². The predicted octanol–water partition coefficient (Wildman–Crippen LogP) is 3.15. The van der Waals surface area contributed by atoms with Crippen molar-refractivity contribution in [2.75, 3.05) is 25.5 Å². The van der Waals surface area contributed by atoms with Crippen LogP contribution < -0.4 is 15.4 Å². The van der Waals surface area contributed by atoms with Crippen molar-refractivity contribution >= 4 is 11.5 Å². The third kappa shape index (κ3) is 3.20. The second kappa shape index (κ2) is 7.05. The van der Waals surface area contributed by atoms with Gasteiger partial charge in [0.15, 0.2) is 5.65 Å². The molecule has 0 unspecified atom stereocenters. The number of aryl methyl sites for hydroxylation is 1. The summed E-state index contributed by atoms with van der Waals surface area (Å²) in [4.78, 5) is 9.48. The Balaban J connectivity index is 1.53. The van der Waals surface area contributed by atoms with Gasteiger partial charge in [-0.15, -0.1) is 0 Å². The first-order chi connectivity index (χ1) is 13.7. The van der Waals surface area contributed by atoms with E-state index in [1.807, 2.05) is 16.8 Å². The molecule has 1 atom stereocenters. The van der Waals surface area contributed by atoms with Gasteiger partial charge in [-0.3, -0.25) is 0 Å². The van der Waals surface area contributed by atoms with Gasteiger partial charge in [-0.25, -0.2) is 14.5 Å². The van der Waals surface area contributed by atoms with Crippen LogP contribution in [0.1, 0.15) is 42.9 Å². The first kappa shape index (κ1) is 17.4. The molecule has 3 aromatic rings. The average molecular weight is 378 g/mol. The normalized spacial score (nSPS) is 19.7. The van der Waals surface area contributed by atoms with Crippen molar-refractivity contribution in [3.05, 3.63) is 35.7 Å². The SMILES string of the molecule is COc1cc2ncc(-c3nc(N[C@@H]4CCCNC4)ccc3C)n2nc1C1CC1. The number of imidazole rings is 1. The van der Waals surface area contributed by atoms with Crippen LogP contribution in [0.3, 0.4) is 0 Å². The van der Waals surface area contributed by atoms with Crippen LogP contribution in [-0.2, 0) is 0 Å². The number of hydrogen-bond acceptors (Lipinski definition) is 6. The van der Waals surface area contributed by atoms with Crippen molar-refractivity contribution in [2.45, 2.75) is 44.6 Å². The first-order valence-corrected chi connectivity index (χ1v) is 10.1. The lowest BCUT2D eigenvalue weighted by atomic mass is 10.1. The lowest BCUT2D eigenvalue weighted by molar-refractivity contribution is 0.405. The Kier molecular flexibility index (Phi) is 4.39. The highest BCUT2D eigenvalue weighted by Gasteiger charge is 2.30. The van der Waals surface area contributed by atoms with Crippen LogP contribution in [0.25, 0.3) is 17.0 Å². The number of nitrogens with zero attached hydrogens (tertiary/aromatic N) is 4. The predicted molar refractivity (Wildman–Crippen MR) is 109 cm³/mol. The van der Waals surface area contributed by atoms with E-state index in [-0.39, 0.29) is 0 Å². The molecule has 0 bridgehead atoms. The van der Waals surface area contributed by atoms with Crippen molar-refractivity contribution in [3.63, 3.8) is 0 Å². The fourth-order valence-corrected chi connectivity index (χ4v) is 3.93. The van der Waals surface area contributed by atoms with Crippen LogP contribution in [0, 0.1) is 6.92 Å². The molecular formula is C21H26N6O. The van der Waals surface area contributed by atoms with Gasteiger partial charge in [-0.1, -0.05) is 6.07 Å². The zero-order valence-corrected chi connectivity index (χ0v) is 16.4. The molecule has 2 N–H and O–H groups in total. The van der Waals surface area contributed by atoms with E-state index in [1.165, 1.54) is 25.7 Å². The monoisotopic (exact) mass is 378 g/mol. The van der Waals surface area contributed by atoms with E-state index in [1.54, 1.807) is 7.11 Å². The highest BCUT2D eigenvalue weighted by Crippen LogP contribution is 2.43. The van der Waals surface area contributed by atoms with Crippen LogP contribution >= 0.6 is 0 Å². The van der Waals surface area contributed by atoms with E-state index in [0.29, 0.717) is 12.0 Å². The molecule has 4 heterocycles. The Labute approximate surface area is 164 Å². The van der Waals surface area contributed by atoms with E-state index in [2.05, 4.69) is 34.7 Å². The maximum atomic E-state index is 5.55. The third-order valence-electron chi connectivity index (χ3n) is 5.66. The first-order valence-electron chi connectivity index (χ1n) is 10.1. The standard InChI is InChI=1S/C21H26N6O/c1-13-5-8-18(24-15-4-3-9-22-11-15)25-20(13)16-12-23-19-10-17(28-2)21(14-6-7-14)26-27(16)19/h5,8,10,12,14-15,22H,3-4,6-7,9,11H2,1-2H3,(H,24,25)/t15-/m1/s1. The van der Waals surface area contributed by atoms with E-state index < -0.39 is 0 Å². The summed E-state index contributed by atoms with van der Waals surface area (Å²) in [7, 11) is 1.70. The second-order valence-electron chi connectivity index (χ2n) is 7.84. The maximum Gasteiger partial charge on any atom is 0.157 e. The van der Waals surface area contributed by atoms with Crippen molar-refractivity contribution in [3.8, 4) is 17.1 Å². The van der Waals surface area contributed by atoms with Crippen molar-refractivity contribution in [2.24, 2.45) is 0 Å². The van der Waals surface area contributed by atoms with Crippen LogP contribution in [0.2, 0.25) is 0 Å². The zero-order valence-electron chi connectivity index (χ0n) is 16.4. The molecular weight excluding hydrogens is 352 g/mol.